The van der Waals surface area contributed by atoms with Crippen LogP contribution in [-0.2, 0) is 14.8 Å². The zero-order valence-electron chi connectivity index (χ0n) is 16.9. The van der Waals surface area contributed by atoms with Gasteiger partial charge in [-0.15, -0.1) is 0 Å². The molecule has 2 fully saturated rings. The van der Waals surface area contributed by atoms with Crippen molar-refractivity contribution in [1.29, 1.82) is 0 Å². The molecular formula is C18H34N4O3S2. The molecule has 1 amide bonds. The first kappa shape index (κ1) is 22.5. The number of sulfonamides is 1. The van der Waals surface area contributed by atoms with E-state index < -0.39 is 15.6 Å². The van der Waals surface area contributed by atoms with Crippen LogP contribution in [0.5, 0.6) is 0 Å². The van der Waals surface area contributed by atoms with E-state index in [0.29, 0.717) is 18.2 Å². The highest BCUT2D eigenvalue weighted by Gasteiger charge is 2.42. The van der Waals surface area contributed by atoms with Crippen molar-refractivity contribution < 1.29 is 13.2 Å². The Balaban J connectivity index is 1.49. The standard InChI is InChI=1S/C18H34N4O3S2/c1-18(2)16(23)19-17(26)22(18)11-9-7-5-4-6-8-10-20-12-14-21(15-13-20)27(3,24)25/h4-15H2,1-3H3,(H,19,23,26). The summed E-state index contributed by atoms with van der Waals surface area (Å²) in [6.45, 7) is 8.62. The van der Waals surface area contributed by atoms with Crippen molar-refractivity contribution in [3.8, 4) is 0 Å². The second-order valence-corrected chi connectivity index (χ2v) is 10.5. The van der Waals surface area contributed by atoms with Crippen molar-refractivity contribution in [3.63, 3.8) is 0 Å². The lowest BCUT2D eigenvalue weighted by atomic mass is 10.0. The lowest BCUT2D eigenvalue weighted by molar-refractivity contribution is -0.125. The van der Waals surface area contributed by atoms with Crippen LogP contribution in [-0.4, -0.2) is 84.6 Å². The van der Waals surface area contributed by atoms with Crippen LogP contribution >= 0.6 is 12.2 Å². The van der Waals surface area contributed by atoms with Crippen molar-refractivity contribution in [2.75, 3.05) is 45.5 Å². The third-order valence-electron chi connectivity index (χ3n) is 5.60. The fourth-order valence-electron chi connectivity index (χ4n) is 3.67. The molecule has 7 nitrogen and oxygen atoms in total. The van der Waals surface area contributed by atoms with Crippen molar-refractivity contribution in [1.82, 2.24) is 19.4 Å². The van der Waals surface area contributed by atoms with Gasteiger partial charge in [0.25, 0.3) is 5.91 Å². The summed E-state index contributed by atoms with van der Waals surface area (Å²) in [6, 6.07) is 0. The number of hydrogen-bond donors (Lipinski definition) is 1. The van der Waals surface area contributed by atoms with Crippen LogP contribution in [0, 0.1) is 0 Å². The van der Waals surface area contributed by atoms with E-state index in [2.05, 4.69) is 10.2 Å². The first-order chi connectivity index (χ1) is 12.6. The summed E-state index contributed by atoms with van der Waals surface area (Å²) in [4.78, 5) is 16.2. The molecule has 2 aliphatic rings. The average Bonchev–Trinajstić information content (AvgIpc) is 2.78. The number of carbonyl (C=O) groups is 1. The zero-order valence-corrected chi connectivity index (χ0v) is 18.5. The first-order valence-electron chi connectivity index (χ1n) is 9.93. The van der Waals surface area contributed by atoms with Gasteiger partial charge in [-0.25, -0.2) is 8.42 Å². The molecule has 156 valence electrons. The summed E-state index contributed by atoms with van der Waals surface area (Å²) < 4.78 is 24.6. The van der Waals surface area contributed by atoms with E-state index in [-0.39, 0.29) is 5.91 Å². The summed E-state index contributed by atoms with van der Waals surface area (Å²) in [7, 11) is -3.03. The minimum Gasteiger partial charge on any atom is -0.335 e. The molecule has 2 heterocycles. The van der Waals surface area contributed by atoms with Crippen LogP contribution in [0.25, 0.3) is 0 Å². The quantitative estimate of drug-likeness (QED) is 0.427. The summed E-state index contributed by atoms with van der Waals surface area (Å²) in [6.07, 6.45) is 8.27. The van der Waals surface area contributed by atoms with Crippen LogP contribution in [0.2, 0.25) is 0 Å². The van der Waals surface area contributed by atoms with Crippen LogP contribution in [0.1, 0.15) is 52.4 Å². The monoisotopic (exact) mass is 418 g/mol. The summed E-state index contributed by atoms with van der Waals surface area (Å²) in [5.41, 5.74) is -0.530. The molecule has 0 atom stereocenters. The minimum atomic E-state index is -3.03. The smallest absolute Gasteiger partial charge is 0.251 e. The van der Waals surface area contributed by atoms with Gasteiger partial charge in [0, 0.05) is 32.7 Å². The van der Waals surface area contributed by atoms with Gasteiger partial charge in [-0.2, -0.15) is 4.31 Å². The van der Waals surface area contributed by atoms with Crippen molar-refractivity contribution in [2.24, 2.45) is 0 Å². The molecule has 0 bridgehead atoms. The Bertz CT molecular complexity index is 629. The predicted molar refractivity (Wildman–Crippen MR) is 112 cm³/mol. The molecule has 2 aliphatic heterocycles. The highest BCUT2D eigenvalue weighted by atomic mass is 32.2. The molecule has 0 aromatic heterocycles. The van der Waals surface area contributed by atoms with Crippen molar-refractivity contribution >= 4 is 33.3 Å². The number of unbranched alkanes of at least 4 members (excludes halogenated alkanes) is 5. The lowest BCUT2D eigenvalue weighted by Crippen LogP contribution is -2.48. The van der Waals surface area contributed by atoms with E-state index in [4.69, 9.17) is 12.2 Å². The maximum atomic E-state index is 11.8. The Morgan fingerprint density at radius 1 is 0.963 bits per heavy atom. The topological polar surface area (TPSA) is 73.0 Å². The van der Waals surface area contributed by atoms with Gasteiger partial charge in [0.05, 0.1) is 6.26 Å². The van der Waals surface area contributed by atoms with Gasteiger partial charge < -0.3 is 15.1 Å². The number of piperazine rings is 1. The maximum Gasteiger partial charge on any atom is 0.251 e. The van der Waals surface area contributed by atoms with E-state index in [9.17, 15) is 13.2 Å². The Kier molecular flexibility index (Phi) is 8.03. The number of carbonyl (C=O) groups excluding carboxylic acids is 1. The second-order valence-electron chi connectivity index (χ2n) is 8.09. The highest BCUT2D eigenvalue weighted by Crippen LogP contribution is 2.22. The third-order valence-corrected chi connectivity index (χ3v) is 7.23. The maximum absolute atomic E-state index is 11.8. The van der Waals surface area contributed by atoms with Crippen LogP contribution in [0.15, 0.2) is 0 Å². The average molecular weight is 419 g/mol. The van der Waals surface area contributed by atoms with Crippen LogP contribution in [0.4, 0.5) is 0 Å². The van der Waals surface area contributed by atoms with Gasteiger partial charge in [-0.3, -0.25) is 4.79 Å². The number of amides is 1. The number of thiocarbonyl (C=S) groups is 1. The third kappa shape index (κ3) is 6.37. The van der Waals surface area contributed by atoms with Gasteiger partial charge in [0.15, 0.2) is 5.11 Å². The zero-order chi connectivity index (χ0) is 20.1. The fraction of sp³-hybridized carbons (Fsp3) is 0.889. The van der Waals surface area contributed by atoms with Crippen LogP contribution in [0.3, 0.4) is 0 Å². The first-order valence-corrected chi connectivity index (χ1v) is 12.2. The summed E-state index contributed by atoms with van der Waals surface area (Å²) in [5, 5.41) is 3.30. The Morgan fingerprint density at radius 3 is 1.96 bits per heavy atom. The number of hydrogen-bond acceptors (Lipinski definition) is 5. The molecule has 9 heteroatoms. The van der Waals surface area contributed by atoms with E-state index in [0.717, 1.165) is 39.0 Å². The molecule has 1 N–H and O–H groups in total. The van der Waals surface area contributed by atoms with Gasteiger partial charge in [-0.05, 0) is 45.5 Å². The molecule has 0 radical (unpaired) electrons. The highest BCUT2D eigenvalue weighted by molar-refractivity contribution is 7.88. The molecule has 0 unspecified atom stereocenters. The predicted octanol–water partition coefficient (Wildman–Crippen LogP) is 1.40. The number of nitrogens with zero attached hydrogens (tertiary/aromatic N) is 3. The minimum absolute atomic E-state index is 0.00938. The molecular weight excluding hydrogens is 384 g/mol. The molecule has 2 saturated heterocycles. The molecule has 27 heavy (non-hydrogen) atoms. The van der Waals surface area contributed by atoms with Gasteiger partial charge >= 0.3 is 0 Å². The Labute approximate surface area is 169 Å². The SMILES string of the molecule is CC1(C)C(=O)NC(=S)N1CCCCCCCCN1CCN(S(C)(=O)=O)CC1. The normalized spacial score (nSPS) is 21.7. The van der Waals surface area contributed by atoms with E-state index in [1.807, 2.05) is 18.7 Å². The van der Waals surface area contributed by atoms with Crippen LogP contribution < -0.4 is 5.32 Å². The van der Waals surface area contributed by atoms with Crippen molar-refractivity contribution in [3.05, 3.63) is 0 Å². The molecule has 0 saturated carbocycles. The van der Waals surface area contributed by atoms with Gasteiger partial charge in [0.1, 0.15) is 5.54 Å². The van der Waals surface area contributed by atoms with E-state index in [1.54, 1.807) is 4.31 Å². The number of nitrogens with one attached hydrogen (secondary N) is 1. The van der Waals surface area contributed by atoms with E-state index >= 15 is 0 Å². The summed E-state index contributed by atoms with van der Waals surface area (Å²) in [5.74, 6) is -0.00938. The summed E-state index contributed by atoms with van der Waals surface area (Å²) >= 11 is 5.24. The molecule has 0 spiro atoms. The fourth-order valence-corrected chi connectivity index (χ4v) is 4.91. The van der Waals surface area contributed by atoms with Gasteiger partial charge in [0.2, 0.25) is 10.0 Å². The van der Waals surface area contributed by atoms with Crippen molar-refractivity contribution in [2.45, 2.75) is 57.9 Å². The molecule has 0 aromatic carbocycles. The Hall–Kier alpha value is -0.770. The van der Waals surface area contributed by atoms with E-state index in [1.165, 1.54) is 31.9 Å². The molecule has 0 aliphatic carbocycles. The molecule has 2 rings (SSSR count). The van der Waals surface area contributed by atoms with Gasteiger partial charge in [-0.1, -0.05) is 25.7 Å². The number of rotatable bonds is 10. The Morgan fingerprint density at radius 2 is 1.48 bits per heavy atom. The second kappa shape index (κ2) is 9.62. The molecule has 0 aromatic rings. The largest absolute Gasteiger partial charge is 0.335 e. The lowest BCUT2D eigenvalue weighted by Gasteiger charge is -2.33.